The molecule has 4 heteroatoms. The topological polar surface area (TPSA) is 41.5 Å². The van der Waals surface area contributed by atoms with Crippen LogP contribution in [0.15, 0.2) is 47.6 Å². The van der Waals surface area contributed by atoms with Crippen molar-refractivity contribution in [3.63, 3.8) is 0 Å². The Labute approximate surface area is 123 Å². The molecule has 0 fully saturated rings. The molecule has 0 radical (unpaired) electrons. The molecule has 0 heterocycles. The van der Waals surface area contributed by atoms with Crippen LogP contribution in [0.4, 0.5) is 0 Å². The Hall–Kier alpha value is -2.13. The highest BCUT2D eigenvalue weighted by molar-refractivity contribution is 6.30. The minimum Gasteiger partial charge on any atom is -0.267 e. The standard InChI is InChI=1S/C16H15ClN2O/c1-11-6-7-14(8-12(11)2)16(20)19-18-10-13-4-3-5-15(17)9-13/h3-10H,1-2H3,(H,19,20). The molecule has 0 aliphatic heterocycles. The Morgan fingerprint density at radius 2 is 1.95 bits per heavy atom. The minimum atomic E-state index is -0.230. The van der Waals surface area contributed by atoms with E-state index in [2.05, 4.69) is 10.5 Å². The highest BCUT2D eigenvalue weighted by Gasteiger charge is 2.04. The fourth-order valence-corrected chi connectivity index (χ4v) is 1.90. The summed E-state index contributed by atoms with van der Waals surface area (Å²) in [6.45, 7) is 3.98. The zero-order valence-electron chi connectivity index (χ0n) is 11.4. The summed E-state index contributed by atoms with van der Waals surface area (Å²) >= 11 is 5.87. The molecule has 0 bridgehead atoms. The van der Waals surface area contributed by atoms with Gasteiger partial charge in [0.15, 0.2) is 0 Å². The second-order valence-electron chi connectivity index (χ2n) is 4.55. The van der Waals surface area contributed by atoms with Gasteiger partial charge in [0.2, 0.25) is 0 Å². The number of nitrogens with one attached hydrogen (secondary N) is 1. The van der Waals surface area contributed by atoms with Gasteiger partial charge in [-0.2, -0.15) is 5.10 Å². The SMILES string of the molecule is Cc1ccc(C(=O)NN=Cc2cccc(Cl)c2)cc1C. The summed E-state index contributed by atoms with van der Waals surface area (Å²) in [4.78, 5) is 11.9. The molecule has 0 atom stereocenters. The first-order valence-electron chi connectivity index (χ1n) is 6.22. The molecule has 2 aromatic carbocycles. The van der Waals surface area contributed by atoms with Gasteiger partial charge in [-0.3, -0.25) is 4.79 Å². The number of carbonyl (C=O) groups excluding carboxylic acids is 1. The summed E-state index contributed by atoms with van der Waals surface area (Å²) in [5.41, 5.74) is 6.16. The van der Waals surface area contributed by atoms with Gasteiger partial charge in [0.05, 0.1) is 6.21 Å². The maximum atomic E-state index is 11.9. The molecule has 102 valence electrons. The van der Waals surface area contributed by atoms with Gasteiger partial charge >= 0.3 is 0 Å². The van der Waals surface area contributed by atoms with Crippen LogP contribution < -0.4 is 5.43 Å². The molecular formula is C16H15ClN2O. The summed E-state index contributed by atoms with van der Waals surface area (Å²) in [6.07, 6.45) is 1.56. The number of carbonyl (C=O) groups is 1. The lowest BCUT2D eigenvalue weighted by Crippen LogP contribution is -2.17. The first-order valence-corrected chi connectivity index (χ1v) is 6.60. The average Bonchev–Trinajstić information content (AvgIpc) is 2.42. The number of amides is 1. The zero-order valence-corrected chi connectivity index (χ0v) is 12.1. The van der Waals surface area contributed by atoms with Crippen molar-refractivity contribution < 1.29 is 4.79 Å². The molecule has 0 saturated carbocycles. The number of aryl methyl sites for hydroxylation is 2. The molecule has 20 heavy (non-hydrogen) atoms. The molecule has 1 amide bonds. The molecule has 2 aromatic rings. The van der Waals surface area contributed by atoms with Crippen LogP contribution in [-0.2, 0) is 0 Å². The molecule has 1 N–H and O–H groups in total. The second-order valence-corrected chi connectivity index (χ2v) is 4.99. The van der Waals surface area contributed by atoms with Crippen molar-refractivity contribution in [2.45, 2.75) is 13.8 Å². The number of hydrazone groups is 1. The Balaban J connectivity index is 2.03. The van der Waals surface area contributed by atoms with Gasteiger partial charge in [-0.25, -0.2) is 5.43 Å². The predicted molar refractivity (Wildman–Crippen MR) is 82.4 cm³/mol. The summed E-state index contributed by atoms with van der Waals surface area (Å²) < 4.78 is 0. The summed E-state index contributed by atoms with van der Waals surface area (Å²) in [7, 11) is 0. The van der Waals surface area contributed by atoms with Crippen LogP contribution in [0.2, 0.25) is 5.02 Å². The molecular weight excluding hydrogens is 272 g/mol. The van der Waals surface area contributed by atoms with Crippen LogP contribution in [0.25, 0.3) is 0 Å². The van der Waals surface area contributed by atoms with Gasteiger partial charge in [0, 0.05) is 10.6 Å². The summed E-state index contributed by atoms with van der Waals surface area (Å²) in [5.74, 6) is -0.230. The van der Waals surface area contributed by atoms with Crippen molar-refractivity contribution in [2.24, 2.45) is 5.10 Å². The van der Waals surface area contributed by atoms with E-state index in [1.807, 2.05) is 38.1 Å². The summed E-state index contributed by atoms with van der Waals surface area (Å²) in [5, 5.41) is 4.56. The van der Waals surface area contributed by atoms with E-state index in [1.165, 1.54) is 0 Å². The van der Waals surface area contributed by atoms with E-state index in [9.17, 15) is 4.79 Å². The van der Waals surface area contributed by atoms with Crippen LogP contribution in [0.1, 0.15) is 27.0 Å². The fraction of sp³-hybridized carbons (Fsp3) is 0.125. The third-order valence-electron chi connectivity index (χ3n) is 3.00. The summed E-state index contributed by atoms with van der Waals surface area (Å²) in [6, 6.07) is 12.8. The van der Waals surface area contributed by atoms with Gasteiger partial charge in [-0.05, 0) is 54.8 Å². The lowest BCUT2D eigenvalue weighted by molar-refractivity contribution is 0.0955. The molecule has 0 spiro atoms. The maximum absolute atomic E-state index is 11.9. The quantitative estimate of drug-likeness (QED) is 0.678. The molecule has 0 aliphatic rings. The molecule has 3 nitrogen and oxygen atoms in total. The maximum Gasteiger partial charge on any atom is 0.271 e. The van der Waals surface area contributed by atoms with E-state index in [1.54, 1.807) is 24.4 Å². The van der Waals surface area contributed by atoms with Crippen molar-refractivity contribution in [3.05, 3.63) is 69.7 Å². The Bertz CT molecular complexity index is 665. The molecule has 0 aromatic heterocycles. The van der Waals surface area contributed by atoms with Crippen LogP contribution in [0, 0.1) is 13.8 Å². The first-order chi connectivity index (χ1) is 9.56. The number of nitrogens with zero attached hydrogens (tertiary/aromatic N) is 1. The third-order valence-corrected chi connectivity index (χ3v) is 3.23. The van der Waals surface area contributed by atoms with Crippen LogP contribution in [0.5, 0.6) is 0 Å². The molecule has 0 saturated heterocycles. The molecule has 2 rings (SSSR count). The molecule has 0 unspecified atom stereocenters. The fourth-order valence-electron chi connectivity index (χ4n) is 1.70. The second kappa shape index (κ2) is 6.35. The van der Waals surface area contributed by atoms with Crippen molar-refractivity contribution in [2.75, 3.05) is 0 Å². The molecule has 0 aliphatic carbocycles. The number of halogens is 1. The highest BCUT2D eigenvalue weighted by Crippen LogP contribution is 2.10. The van der Waals surface area contributed by atoms with E-state index in [0.29, 0.717) is 10.6 Å². The van der Waals surface area contributed by atoms with Gasteiger partial charge in [0.1, 0.15) is 0 Å². The van der Waals surface area contributed by atoms with Gasteiger partial charge in [-0.1, -0.05) is 29.8 Å². The van der Waals surface area contributed by atoms with Crippen LogP contribution in [-0.4, -0.2) is 12.1 Å². The van der Waals surface area contributed by atoms with E-state index < -0.39 is 0 Å². The smallest absolute Gasteiger partial charge is 0.267 e. The number of hydrogen-bond donors (Lipinski definition) is 1. The Morgan fingerprint density at radius 3 is 2.65 bits per heavy atom. The normalized spacial score (nSPS) is 10.8. The van der Waals surface area contributed by atoms with E-state index in [4.69, 9.17) is 11.6 Å². The number of hydrogen-bond acceptors (Lipinski definition) is 2. The van der Waals surface area contributed by atoms with E-state index >= 15 is 0 Å². The first kappa shape index (κ1) is 14.3. The van der Waals surface area contributed by atoms with E-state index in [0.717, 1.165) is 16.7 Å². The van der Waals surface area contributed by atoms with Gasteiger partial charge in [0.25, 0.3) is 5.91 Å². The highest BCUT2D eigenvalue weighted by atomic mass is 35.5. The van der Waals surface area contributed by atoms with Crippen molar-refractivity contribution in [1.29, 1.82) is 0 Å². The monoisotopic (exact) mass is 286 g/mol. The van der Waals surface area contributed by atoms with Crippen molar-refractivity contribution in [3.8, 4) is 0 Å². The van der Waals surface area contributed by atoms with Crippen molar-refractivity contribution in [1.82, 2.24) is 5.43 Å². The predicted octanol–water partition coefficient (Wildman–Crippen LogP) is 3.72. The van der Waals surface area contributed by atoms with Gasteiger partial charge in [-0.15, -0.1) is 0 Å². The van der Waals surface area contributed by atoms with Crippen LogP contribution >= 0.6 is 11.6 Å². The minimum absolute atomic E-state index is 0.230. The largest absolute Gasteiger partial charge is 0.271 e. The van der Waals surface area contributed by atoms with Gasteiger partial charge < -0.3 is 0 Å². The third kappa shape index (κ3) is 3.68. The van der Waals surface area contributed by atoms with Crippen molar-refractivity contribution >= 4 is 23.7 Å². The Kier molecular flexibility index (Phi) is 4.53. The van der Waals surface area contributed by atoms with Crippen LogP contribution in [0.3, 0.4) is 0 Å². The lowest BCUT2D eigenvalue weighted by Gasteiger charge is -2.03. The zero-order chi connectivity index (χ0) is 14.5. The number of benzene rings is 2. The lowest BCUT2D eigenvalue weighted by atomic mass is 10.1. The number of rotatable bonds is 3. The average molecular weight is 287 g/mol. The van der Waals surface area contributed by atoms with E-state index in [-0.39, 0.29) is 5.91 Å². The Morgan fingerprint density at radius 1 is 1.15 bits per heavy atom.